The lowest BCUT2D eigenvalue weighted by Crippen LogP contribution is -1.70. The van der Waals surface area contributed by atoms with E-state index >= 15 is 0 Å². The molecule has 14 heavy (non-hydrogen) atoms. The molecule has 0 bridgehead atoms. The van der Waals surface area contributed by atoms with Crippen molar-refractivity contribution in [2.24, 2.45) is 0 Å². The first-order valence-corrected chi connectivity index (χ1v) is 6.55. The van der Waals surface area contributed by atoms with Gasteiger partial charge < -0.3 is 0 Å². The van der Waals surface area contributed by atoms with Crippen LogP contribution in [0.2, 0.25) is 10.0 Å². The van der Waals surface area contributed by atoms with E-state index in [9.17, 15) is 0 Å². The van der Waals surface area contributed by atoms with Gasteiger partial charge in [-0.1, -0.05) is 65.0 Å². The maximum absolute atomic E-state index is 5.56. The summed E-state index contributed by atoms with van der Waals surface area (Å²) in [4.78, 5) is 0. The Morgan fingerprint density at radius 3 is 1.93 bits per heavy atom. The first kappa shape index (κ1) is 14.3. The molecule has 0 fully saturated rings. The fourth-order valence-corrected chi connectivity index (χ4v) is 1.64. The van der Waals surface area contributed by atoms with Gasteiger partial charge in [0.25, 0.3) is 0 Å². The maximum atomic E-state index is 5.56. The molecule has 3 heteroatoms. The largest absolute Gasteiger partial charge is 0.0928 e. The molecule has 0 nitrogen and oxygen atoms in total. The Labute approximate surface area is 105 Å². The van der Waals surface area contributed by atoms with Crippen molar-refractivity contribution in [1.82, 2.24) is 0 Å². The first-order valence-electron chi connectivity index (χ1n) is 4.67. The molecule has 0 heterocycles. The van der Waals surface area contributed by atoms with Gasteiger partial charge in [0, 0.05) is 15.4 Å². The van der Waals surface area contributed by atoms with Gasteiger partial charge in [-0.25, -0.2) is 0 Å². The van der Waals surface area contributed by atoms with Crippen LogP contribution in [0.4, 0.5) is 0 Å². The number of unbranched alkanes of at least 4 members (excludes halogenated alkanes) is 2. The molecule has 0 aromatic heterocycles. The molecule has 0 saturated heterocycles. The second-order valence-corrected chi connectivity index (χ2v) is 4.50. The van der Waals surface area contributed by atoms with Gasteiger partial charge in [-0.15, -0.1) is 0 Å². The van der Waals surface area contributed by atoms with Gasteiger partial charge in [0.1, 0.15) is 0 Å². The van der Waals surface area contributed by atoms with E-state index in [1.807, 2.05) is 6.07 Å². The Kier molecular flexibility index (Phi) is 10.0. The number of hydrogen-bond acceptors (Lipinski definition) is 0. The Morgan fingerprint density at radius 1 is 1.14 bits per heavy atom. The van der Waals surface area contributed by atoms with E-state index in [4.69, 9.17) is 23.2 Å². The standard InChI is InChI=1S/C6H4Cl2.C5H11Br/c7-5-2-1-3-6(8)4-5;1-2-3-4-5-6/h1-4H;2-5H2,1H3. The molecular formula is C11H15BrCl2. The van der Waals surface area contributed by atoms with Gasteiger partial charge in [0.05, 0.1) is 0 Å². The van der Waals surface area contributed by atoms with Gasteiger partial charge in [0.15, 0.2) is 0 Å². The van der Waals surface area contributed by atoms with Gasteiger partial charge >= 0.3 is 0 Å². The number of hydrogen-bond donors (Lipinski definition) is 0. The summed E-state index contributed by atoms with van der Waals surface area (Å²) in [6.07, 6.45) is 4.02. The molecule has 1 aromatic carbocycles. The number of rotatable bonds is 3. The highest BCUT2D eigenvalue weighted by atomic mass is 79.9. The highest BCUT2D eigenvalue weighted by molar-refractivity contribution is 9.09. The van der Waals surface area contributed by atoms with Crippen LogP contribution in [-0.2, 0) is 0 Å². The summed E-state index contributed by atoms with van der Waals surface area (Å²) in [6, 6.07) is 7.08. The Bertz CT molecular complexity index is 217. The Balaban J connectivity index is 0.000000255. The lowest BCUT2D eigenvalue weighted by atomic mass is 10.3. The van der Waals surface area contributed by atoms with Crippen molar-refractivity contribution >= 4 is 39.1 Å². The van der Waals surface area contributed by atoms with E-state index in [1.165, 1.54) is 24.6 Å². The molecule has 0 N–H and O–H groups in total. The minimum atomic E-state index is 0.678. The predicted octanol–water partition coefficient (Wildman–Crippen LogP) is 5.56. The molecule has 0 amide bonds. The molecule has 0 aliphatic heterocycles. The topological polar surface area (TPSA) is 0 Å². The van der Waals surface area contributed by atoms with Gasteiger partial charge in [0.2, 0.25) is 0 Å². The maximum Gasteiger partial charge on any atom is 0.0420 e. The molecule has 1 aromatic rings. The zero-order valence-corrected chi connectivity index (χ0v) is 11.4. The molecule has 0 spiro atoms. The molecule has 0 aliphatic carbocycles. The second-order valence-electron chi connectivity index (χ2n) is 2.84. The summed E-state index contributed by atoms with van der Waals surface area (Å²) in [5, 5.41) is 2.52. The van der Waals surface area contributed by atoms with Crippen molar-refractivity contribution in [3.63, 3.8) is 0 Å². The molecule has 0 unspecified atom stereocenters. The molecule has 0 atom stereocenters. The molecule has 80 valence electrons. The lowest BCUT2D eigenvalue weighted by Gasteiger charge is -1.86. The third kappa shape index (κ3) is 8.86. The van der Waals surface area contributed by atoms with Crippen molar-refractivity contribution in [2.45, 2.75) is 26.2 Å². The molecular weight excluding hydrogens is 283 g/mol. The Hall–Kier alpha value is 0.280. The normalized spacial score (nSPS) is 9.14. The zero-order valence-electron chi connectivity index (χ0n) is 8.27. The summed E-state index contributed by atoms with van der Waals surface area (Å²) < 4.78 is 0. The van der Waals surface area contributed by atoms with Crippen molar-refractivity contribution in [3.8, 4) is 0 Å². The summed E-state index contributed by atoms with van der Waals surface area (Å²) in [5.41, 5.74) is 0. The number of alkyl halides is 1. The zero-order chi connectivity index (χ0) is 10.8. The van der Waals surface area contributed by atoms with Crippen LogP contribution >= 0.6 is 39.1 Å². The number of halogens is 3. The average molecular weight is 298 g/mol. The quantitative estimate of drug-likeness (QED) is 0.506. The van der Waals surface area contributed by atoms with E-state index < -0.39 is 0 Å². The minimum Gasteiger partial charge on any atom is -0.0928 e. The Morgan fingerprint density at radius 2 is 1.71 bits per heavy atom. The fourth-order valence-electron chi connectivity index (χ4n) is 0.804. The minimum absolute atomic E-state index is 0.678. The molecule has 0 radical (unpaired) electrons. The monoisotopic (exact) mass is 296 g/mol. The third-order valence-corrected chi connectivity index (χ3v) is 2.55. The summed E-state index contributed by atoms with van der Waals surface area (Å²) in [7, 11) is 0. The van der Waals surface area contributed by atoms with Crippen molar-refractivity contribution in [3.05, 3.63) is 34.3 Å². The number of benzene rings is 1. The van der Waals surface area contributed by atoms with E-state index in [0.717, 1.165) is 0 Å². The smallest absolute Gasteiger partial charge is 0.0420 e. The lowest BCUT2D eigenvalue weighted by molar-refractivity contribution is 0.781. The molecule has 0 aliphatic rings. The fraction of sp³-hybridized carbons (Fsp3) is 0.455. The predicted molar refractivity (Wildman–Crippen MR) is 69.8 cm³/mol. The summed E-state index contributed by atoms with van der Waals surface area (Å²) in [6.45, 7) is 2.21. The average Bonchev–Trinajstić information content (AvgIpc) is 2.15. The molecule has 1 rings (SSSR count). The van der Waals surface area contributed by atoms with Crippen LogP contribution in [0, 0.1) is 0 Å². The van der Waals surface area contributed by atoms with Gasteiger partial charge in [-0.3, -0.25) is 0 Å². The van der Waals surface area contributed by atoms with E-state index in [2.05, 4.69) is 22.9 Å². The van der Waals surface area contributed by atoms with Crippen LogP contribution in [0.3, 0.4) is 0 Å². The van der Waals surface area contributed by atoms with Crippen molar-refractivity contribution in [2.75, 3.05) is 5.33 Å². The van der Waals surface area contributed by atoms with Gasteiger partial charge in [-0.2, -0.15) is 0 Å². The van der Waals surface area contributed by atoms with Crippen LogP contribution in [0.5, 0.6) is 0 Å². The van der Waals surface area contributed by atoms with Crippen LogP contribution < -0.4 is 0 Å². The first-order chi connectivity index (χ1) is 6.70. The SMILES string of the molecule is CCCCCBr.Clc1cccc(Cl)c1. The third-order valence-electron chi connectivity index (χ3n) is 1.52. The van der Waals surface area contributed by atoms with Gasteiger partial charge in [-0.05, 0) is 24.6 Å². The van der Waals surface area contributed by atoms with Crippen molar-refractivity contribution < 1.29 is 0 Å². The van der Waals surface area contributed by atoms with Crippen LogP contribution in [0.25, 0.3) is 0 Å². The summed E-state index contributed by atoms with van der Waals surface area (Å²) in [5.74, 6) is 0. The second kappa shape index (κ2) is 9.82. The van der Waals surface area contributed by atoms with Crippen LogP contribution in [0.15, 0.2) is 24.3 Å². The van der Waals surface area contributed by atoms with E-state index in [1.54, 1.807) is 18.2 Å². The highest BCUT2D eigenvalue weighted by Crippen LogP contribution is 2.13. The van der Waals surface area contributed by atoms with Crippen LogP contribution in [0.1, 0.15) is 26.2 Å². The van der Waals surface area contributed by atoms with Crippen LogP contribution in [-0.4, -0.2) is 5.33 Å². The highest BCUT2D eigenvalue weighted by Gasteiger charge is 1.85. The summed E-state index contributed by atoms with van der Waals surface area (Å²) >= 11 is 14.5. The molecule has 0 saturated carbocycles. The van der Waals surface area contributed by atoms with Crippen molar-refractivity contribution in [1.29, 1.82) is 0 Å². The van der Waals surface area contributed by atoms with E-state index in [-0.39, 0.29) is 0 Å². The van der Waals surface area contributed by atoms with E-state index in [0.29, 0.717) is 10.0 Å².